The number of nitrogens with zero attached hydrogens (tertiary/aromatic N) is 1. The summed E-state index contributed by atoms with van der Waals surface area (Å²) >= 11 is 0. The van der Waals surface area contributed by atoms with Crippen molar-refractivity contribution in [2.45, 2.75) is 85.1 Å². The molecule has 0 bridgehead atoms. The predicted octanol–water partition coefficient (Wildman–Crippen LogP) is 5.35. The van der Waals surface area contributed by atoms with Crippen molar-refractivity contribution in [3.8, 4) is 0 Å². The zero-order valence-corrected chi connectivity index (χ0v) is 14.4. The van der Waals surface area contributed by atoms with E-state index in [2.05, 4.69) is 32.6 Å². The first kappa shape index (κ1) is 16.3. The van der Waals surface area contributed by atoms with E-state index in [1.165, 1.54) is 64.5 Å². The molecule has 0 aromatic carbocycles. The summed E-state index contributed by atoms with van der Waals surface area (Å²) in [7, 11) is 0. The van der Waals surface area contributed by atoms with Crippen LogP contribution in [0.25, 0.3) is 0 Å². The molecule has 0 amide bonds. The number of rotatable bonds is 6. The molecule has 2 fully saturated rings. The second-order valence-corrected chi connectivity index (χ2v) is 8.41. The van der Waals surface area contributed by atoms with Crippen LogP contribution < -0.4 is 0 Å². The molecule has 1 aliphatic heterocycles. The number of hydrogen-bond acceptors (Lipinski definition) is 1. The molecule has 1 heteroatoms. The van der Waals surface area contributed by atoms with Gasteiger partial charge in [0, 0.05) is 19.1 Å². The van der Waals surface area contributed by atoms with Gasteiger partial charge in [0.2, 0.25) is 0 Å². The molecule has 0 aromatic rings. The Balaban J connectivity index is 1.66. The fraction of sp³-hybridized carbons (Fsp3) is 1.00. The summed E-state index contributed by atoms with van der Waals surface area (Å²) < 4.78 is 0. The van der Waals surface area contributed by atoms with E-state index in [0.29, 0.717) is 0 Å². The summed E-state index contributed by atoms with van der Waals surface area (Å²) in [5, 5.41) is 0. The molecule has 2 rings (SSSR count). The van der Waals surface area contributed by atoms with Gasteiger partial charge in [0.15, 0.2) is 0 Å². The fourth-order valence-corrected chi connectivity index (χ4v) is 4.64. The van der Waals surface area contributed by atoms with Gasteiger partial charge in [0.25, 0.3) is 0 Å². The molecule has 1 saturated heterocycles. The summed E-state index contributed by atoms with van der Waals surface area (Å²) in [5.74, 6) is 3.77. The molecule has 0 spiro atoms. The minimum atomic E-state index is 0.891. The zero-order chi connectivity index (χ0) is 14.5. The van der Waals surface area contributed by atoms with Crippen LogP contribution in [0.2, 0.25) is 0 Å². The summed E-state index contributed by atoms with van der Waals surface area (Å²) in [6, 6.07) is 0.926. The van der Waals surface area contributed by atoms with Gasteiger partial charge in [0.05, 0.1) is 0 Å². The normalized spacial score (nSPS) is 35.9. The van der Waals surface area contributed by atoms with Crippen LogP contribution in [0.15, 0.2) is 0 Å². The maximum atomic E-state index is 2.84. The Labute approximate surface area is 127 Å². The van der Waals surface area contributed by atoms with Crippen molar-refractivity contribution in [3.63, 3.8) is 0 Å². The second-order valence-electron chi connectivity index (χ2n) is 8.41. The Morgan fingerprint density at radius 1 is 0.950 bits per heavy atom. The van der Waals surface area contributed by atoms with E-state index in [1.807, 2.05) is 0 Å². The lowest BCUT2D eigenvalue weighted by molar-refractivity contribution is 0.0955. The molecular formula is C19H37N. The van der Waals surface area contributed by atoms with Crippen LogP contribution in [0.3, 0.4) is 0 Å². The molecule has 0 N–H and O–H groups in total. The molecule has 4 atom stereocenters. The van der Waals surface area contributed by atoms with Crippen LogP contribution in [-0.2, 0) is 0 Å². The lowest BCUT2D eigenvalue weighted by atomic mass is 9.90. The number of piperidine rings is 1. The SMILES string of the molecule is CC(C)CCCC[C@H]1CC[C@@H](N2C[C@H](C)C[C@H](C)C2)C1. The fourth-order valence-electron chi connectivity index (χ4n) is 4.64. The van der Waals surface area contributed by atoms with Crippen molar-refractivity contribution in [1.82, 2.24) is 4.90 Å². The summed E-state index contributed by atoms with van der Waals surface area (Å²) in [5.41, 5.74) is 0. The van der Waals surface area contributed by atoms with Crippen LogP contribution >= 0.6 is 0 Å². The molecule has 1 nitrogen and oxygen atoms in total. The van der Waals surface area contributed by atoms with E-state index in [4.69, 9.17) is 0 Å². The van der Waals surface area contributed by atoms with E-state index in [0.717, 1.165) is 29.7 Å². The van der Waals surface area contributed by atoms with Gasteiger partial charge in [-0.2, -0.15) is 0 Å². The standard InChI is InChI=1S/C19H37N/c1-15(2)7-5-6-8-18-9-10-19(12-18)20-13-16(3)11-17(4)14-20/h15-19H,5-14H2,1-4H3/t16-,17+,18-,19+/m0/s1. The highest BCUT2D eigenvalue weighted by Gasteiger charge is 2.32. The van der Waals surface area contributed by atoms with Gasteiger partial charge in [-0.3, -0.25) is 4.90 Å². The predicted molar refractivity (Wildman–Crippen MR) is 89.0 cm³/mol. The molecule has 0 radical (unpaired) electrons. The molecule has 118 valence electrons. The van der Waals surface area contributed by atoms with E-state index in [-0.39, 0.29) is 0 Å². The molecular weight excluding hydrogens is 242 g/mol. The third-order valence-corrected chi connectivity index (χ3v) is 5.57. The lowest BCUT2D eigenvalue weighted by Gasteiger charge is -2.39. The smallest absolute Gasteiger partial charge is 0.00982 e. The van der Waals surface area contributed by atoms with Gasteiger partial charge < -0.3 is 0 Å². The lowest BCUT2D eigenvalue weighted by Crippen LogP contribution is -2.44. The van der Waals surface area contributed by atoms with E-state index in [9.17, 15) is 0 Å². The van der Waals surface area contributed by atoms with E-state index in [1.54, 1.807) is 0 Å². The number of unbranched alkanes of at least 4 members (excludes halogenated alkanes) is 1. The first-order valence-corrected chi connectivity index (χ1v) is 9.28. The van der Waals surface area contributed by atoms with E-state index < -0.39 is 0 Å². The minimum absolute atomic E-state index is 0.891. The summed E-state index contributed by atoms with van der Waals surface area (Å²) in [6.45, 7) is 12.3. The Bertz CT molecular complexity index is 263. The van der Waals surface area contributed by atoms with Crippen LogP contribution in [0.1, 0.15) is 79.1 Å². The zero-order valence-electron chi connectivity index (χ0n) is 14.4. The summed E-state index contributed by atoms with van der Waals surface area (Å²) in [6.07, 6.45) is 11.8. The van der Waals surface area contributed by atoms with Crippen molar-refractivity contribution in [2.75, 3.05) is 13.1 Å². The van der Waals surface area contributed by atoms with Crippen LogP contribution in [0.5, 0.6) is 0 Å². The van der Waals surface area contributed by atoms with Gasteiger partial charge in [-0.25, -0.2) is 0 Å². The molecule has 2 aliphatic rings. The Morgan fingerprint density at radius 3 is 2.30 bits per heavy atom. The maximum absolute atomic E-state index is 2.84. The molecule has 1 heterocycles. The van der Waals surface area contributed by atoms with Crippen molar-refractivity contribution in [1.29, 1.82) is 0 Å². The monoisotopic (exact) mass is 279 g/mol. The average molecular weight is 280 g/mol. The molecule has 0 unspecified atom stereocenters. The Hall–Kier alpha value is -0.0400. The second kappa shape index (κ2) is 7.82. The molecule has 0 aromatic heterocycles. The van der Waals surface area contributed by atoms with Gasteiger partial charge in [-0.1, -0.05) is 53.4 Å². The van der Waals surface area contributed by atoms with Gasteiger partial charge in [-0.05, 0) is 49.4 Å². The summed E-state index contributed by atoms with van der Waals surface area (Å²) in [4.78, 5) is 2.84. The van der Waals surface area contributed by atoms with Crippen LogP contribution in [-0.4, -0.2) is 24.0 Å². The Morgan fingerprint density at radius 2 is 1.65 bits per heavy atom. The number of hydrogen-bond donors (Lipinski definition) is 0. The first-order chi connectivity index (χ1) is 9.54. The van der Waals surface area contributed by atoms with Crippen molar-refractivity contribution in [3.05, 3.63) is 0 Å². The quantitative estimate of drug-likeness (QED) is 0.592. The van der Waals surface area contributed by atoms with Crippen LogP contribution in [0, 0.1) is 23.7 Å². The molecule has 1 aliphatic carbocycles. The maximum Gasteiger partial charge on any atom is 0.00982 e. The minimum Gasteiger partial charge on any atom is -0.300 e. The topological polar surface area (TPSA) is 3.24 Å². The van der Waals surface area contributed by atoms with E-state index >= 15 is 0 Å². The third kappa shape index (κ3) is 5.06. The molecule has 1 saturated carbocycles. The largest absolute Gasteiger partial charge is 0.300 e. The molecule has 20 heavy (non-hydrogen) atoms. The van der Waals surface area contributed by atoms with Crippen molar-refractivity contribution >= 4 is 0 Å². The Kier molecular flexibility index (Phi) is 6.39. The van der Waals surface area contributed by atoms with Crippen LogP contribution in [0.4, 0.5) is 0 Å². The third-order valence-electron chi connectivity index (χ3n) is 5.57. The highest BCUT2D eigenvalue weighted by Crippen LogP contribution is 2.35. The van der Waals surface area contributed by atoms with Gasteiger partial charge >= 0.3 is 0 Å². The first-order valence-electron chi connectivity index (χ1n) is 9.28. The highest BCUT2D eigenvalue weighted by molar-refractivity contribution is 4.86. The van der Waals surface area contributed by atoms with Crippen molar-refractivity contribution < 1.29 is 0 Å². The average Bonchev–Trinajstić information content (AvgIpc) is 2.82. The highest BCUT2D eigenvalue weighted by atomic mass is 15.2. The van der Waals surface area contributed by atoms with Gasteiger partial charge in [-0.15, -0.1) is 0 Å². The van der Waals surface area contributed by atoms with Crippen molar-refractivity contribution in [2.24, 2.45) is 23.7 Å². The number of likely N-dealkylation sites (tertiary alicyclic amines) is 1. The van der Waals surface area contributed by atoms with Gasteiger partial charge in [0.1, 0.15) is 0 Å².